The number of carbonyl (C=O) groups is 5. The Hall–Kier alpha value is -10.6. The fourth-order valence-electron chi connectivity index (χ4n) is 12.1. The van der Waals surface area contributed by atoms with E-state index < -0.39 is 90.3 Å². The Labute approximate surface area is 828 Å². The van der Waals surface area contributed by atoms with E-state index in [2.05, 4.69) is 184 Å². The highest BCUT2D eigenvalue weighted by Crippen LogP contribution is 2.37. The molecule has 22 heteroatoms. The number of hydrogen-bond donors (Lipinski definition) is 2. The zero-order chi connectivity index (χ0) is 92.6. The normalized spacial score (nSPS) is 12.8. The first-order chi connectivity index (χ1) is 59.1. The molecule has 1 aliphatic heterocycles. The first-order valence-electron chi connectivity index (χ1n) is 43.0. The van der Waals surface area contributed by atoms with E-state index in [0.717, 1.165) is 48.6 Å². The van der Waals surface area contributed by atoms with Crippen LogP contribution in [0.5, 0.6) is 17.2 Å². The molecule has 0 saturated carbocycles. The van der Waals surface area contributed by atoms with E-state index >= 15 is 0 Å². The van der Waals surface area contributed by atoms with Crippen LogP contribution < -0.4 is 4.74 Å². The first-order valence-corrected chi connectivity index (χ1v) is 45.6. The van der Waals surface area contributed by atoms with Gasteiger partial charge in [-0.3, -0.25) is 19.2 Å². The summed E-state index contributed by atoms with van der Waals surface area (Å²) in [5, 5.41) is 23.0. The topological polar surface area (TPSA) is 238 Å². The van der Waals surface area contributed by atoms with Gasteiger partial charge in [-0.1, -0.05) is 290 Å². The molecule has 770 valence electrons. The second-order valence-electron chi connectivity index (χ2n) is 33.7. The molecule has 5 atom stereocenters. The maximum Gasteiger partial charge on any atom is 0.347 e. The fourth-order valence-corrected chi connectivity index (χ4v) is 14.9. The van der Waals surface area contributed by atoms with Crippen LogP contribution in [-0.4, -0.2) is 79.0 Å². The second kappa shape index (κ2) is 66.1. The molecule has 0 spiro atoms. The lowest BCUT2D eigenvalue weighted by atomic mass is 9.89. The molecular weight excluding hydrogens is 1780 g/mol. The summed E-state index contributed by atoms with van der Waals surface area (Å²) in [6, 6.07) is 72.5. The van der Waals surface area contributed by atoms with Crippen molar-refractivity contribution in [2.45, 2.75) is 341 Å². The van der Waals surface area contributed by atoms with Crippen molar-refractivity contribution in [2.75, 3.05) is 19.8 Å². The number of fused-ring (bicyclic) bond motifs is 3. The average Bonchev–Trinajstić information content (AvgIpc) is 1.02. The van der Waals surface area contributed by atoms with E-state index in [1.165, 1.54) is 72.4 Å². The molecule has 10 aromatic rings. The summed E-state index contributed by atoms with van der Waals surface area (Å²) in [6.45, 7) is 34.7. The molecule has 1 aliphatic carbocycles. The molecule has 0 amide bonds. The SMILES string of the molecule is C.C.C.C.C.C.C.C.C.C.C.C.CCC(C)(C)C(=O)OC(C)c1ccc2c(c1)CCCC2.CCC(C)(C)C(=O)OC(C)c1ccc2ccccc2c1.CCC(C)(C)C(=O)OC1CCOC1=O.CCC(C)(C)C(=O)OCCCOc1c(F)c(F)c(S(=O)(=O)[O-])c(F)c1F.CCC(C)c1ccc(O)cc1.CCC(C)c1ccc2cc(O)ccc2c1.c1ccc([S+](c2ccccc2)c2ccccc2)cc1. The zero-order valence-corrected chi connectivity index (χ0v) is 77.3. The van der Waals surface area contributed by atoms with E-state index in [-0.39, 0.29) is 143 Å². The molecule has 137 heavy (non-hydrogen) atoms. The molecule has 10 aromatic carbocycles. The van der Waals surface area contributed by atoms with E-state index in [0.29, 0.717) is 49.2 Å². The molecule has 2 N–H and O–H groups in total. The van der Waals surface area contributed by atoms with Crippen molar-refractivity contribution < 1.29 is 93.1 Å². The Kier molecular flexibility index (Phi) is 67.3. The largest absolute Gasteiger partial charge is 0.744 e. The molecule has 0 aromatic heterocycles. The van der Waals surface area contributed by atoms with Crippen LogP contribution in [0, 0.1) is 44.9 Å². The molecule has 0 bridgehead atoms. The van der Waals surface area contributed by atoms with Crippen LogP contribution in [0.3, 0.4) is 0 Å². The molecule has 12 rings (SSSR count). The number of aryl methyl sites for hydroxylation is 2. The van der Waals surface area contributed by atoms with E-state index in [9.17, 15) is 59.6 Å². The number of esters is 5. The minimum atomic E-state index is -5.77. The van der Waals surface area contributed by atoms with Gasteiger partial charge >= 0.3 is 29.8 Å². The van der Waals surface area contributed by atoms with Gasteiger partial charge in [0.15, 0.2) is 32.1 Å². The van der Waals surface area contributed by atoms with Crippen LogP contribution >= 0.6 is 0 Å². The number of benzene rings is 10. The molecular formula is C115H174F4O16S2. The Morgan fingerprint density at radius 1 is 0.431 bits per heavy atom. The molecule has 2 aliphatic rings. The summed E-state index contributed by atoms with van der Waals surface area (Å²) in [4.78, 5) is 60.4. The summed E-state index contributed by atoms with van der Waals surface area (Å²) in [5.41, 5.74) is 5.65. The predicted octanol–water partition coefficient (Wildman–Crippen LogP) is 33.0. The lowest BCUT2D eigenvalue weighted by Crippen LogP contribution is -2.32. The lowest BCUT2D eigenvalue weighted by molar-refractivity contribution is -0.167. The number of rotatable bonds is 26. The van der Waals surface area contributed by atoms with Gasteiger partial charge < -0.3 is 43.2 Å². The van der Waals surface area contributed by atoms with Crippen LogP contribution in [0.15, 0.2) is 232 Å². The third-order valence-electron chi connectivity index (χ3n) is 22.8. The molecule has 0 radical (unpaired) electrons. The Bertz CT molecular complexity index is 5120. The molecule has 1 heterocycles. The van der Waals surface area contributed by atoms with Crippen LogP contribution in [0.25, 0.3) is 21.5 Å². The third-order valence-corrected chi connectivity index (χ3v) is 25.9. The van der Waals surface area contributed by atoms with Gasteiger partial charge in [0.2, 0.25) is 17.7 Å². The Morgan fingerprint density at radius 2 is 0.788 bits per heavy atom. The second-order valence-corrected chi connectivity index (χ2v) is 37.0. The molecule has 16 nitrogen and oxygen atoms in total. The molecule has 1 fully saturated rings. The highest BCUT2D eigenvalue weighted by molar-refractivity contribution is 7.97. The first kappa shape index (κ1) is 139. The van der Waals surface area contributed by atoms with Crippen molar-refractivity contribution in [3.8, 4) is 17.2 Å². The van der Waals surface area contributed by atoms with Crippen LogP contribution in [-0.2, 0) is 81.5 Å². The van der Waals surface area contributed by atoms with Gasteiger partial charge in [-0.25, -0.2) is 22.0 Å². The Morgan fingerprint density at radius 3 is 1.23 bits per heavy atom. The van der Waals surface area contributed by atoms with Crippen molar-refractivity contribution in [3.05, 3.63) is 269 Å². The fraction of sp³-hybridized carbons (Fsp3) is 0.470. The summed E-state index contributed by atoms with van der Waals surface area (Å²) >= 11 is 0. The standard InChI is InChI=1S/C18H26O2.C18H22O2.C18H15S.C15H18F4O6S.C14H16O.C10H16O4.C10H14O.12CH4/c2*1-5-18(3,4)17(19)20-13(2)15-11-10-14-8-6-7-9-16(14)12-15;1-4-10-16(11-5-1)19(17-12-6-2-7-13-17)18-14-8-3-9-15-18;1-4-15(2,3)14(20)25-7-5-6-24-12-8(16)10(18)13(26(21,22)23)11(19)9(12)17;1-3-10(2)11-4-5-13-9-14(15)7-6-12(13)8-11;1-4-10(2,3)9(12)14-7-5-6-13-8(7)11;1-3-8(2)9-4-6-10(11)7-5-9;;;;;;;;;;;;/h10-13H,5-9H2,1-4H3;6-13H,5H2,1-4H3;1-15H;4-7H2,1-3H3,(H,21,22,23);4-10,15H,3H2,1-2H3;7H,4-6H2,1-3H3;4-8,11H,3H2,1-2H3;12*1H4/q;;+1;;;;;;;;;;;;;;;;/p-1. The lowest BCUT2D eigenvalue weighted by Gasteiger charge is -2.24. The monoisotopic (exact) mass is 1950 g/mol. The van der Waals surface area contributed by atoms with Gasteiger partial charge in [-0.2, -0.15) is 8.78 Å². The summed E-state index contributed by atoms with van der Waals surface area (Å²) in [5.74, 6) is -10.2. The average molecular weight is 1950 g/mol. The maximum atomic E-state index is 13.7. The van der Waals surface area contributed by atoms with Crippen molar-refractivity contribution >= 4 is 72.4 Å². The van der Waals surface area contributed by atoms with Crippen molar-refractivity contribution in [2.24, 2.45) is 21.7 Å². The van der Waals surface area contributed by atoms with Gasteiger partial charge in [0.25, 0.3) is 0 Å². The van der Waals surface area contributed by atoms with Gasteiger partial charge in [0.1, 0.15) is 38.7 Å². The third kappa shape index (κ3) is 42.0. The van der Waals surface area contributed by atoms with Gasteiger partial charge in [-0.05, 0) is 267 Å². The van der Waals surface area contributed by atoms with Gasteiger partial charge in [0, 0.05) is 12.8 Å². The highest BCUT2D eigenvalue weighted by Gasteiger charge is 2.37. The molecule has 1 saturated heterocycles. The highest BCUT2D eigenvalue weighted by atomic mass is 32.2. The number of halogens is 4. The zero-order valence-electron chi connectivity index (χ0n) is 75.6. The van der Waals surface area contributed by atoms with Gasteiger partial charge in [-0.15, -0.1) is 0 Å². The number of phenols is 2. The minimum absolute atomic E-state index is 0. The van der Waals surface area contributed by atoms with Crippen LogP contribution in [0.1, 0.15) is 335 Å². The smallest absolute Gasteiger partial charge is 0.347 e. The number of phenolic OH excluding ortho intramolecular Hbond substituents is 2. The number of aromatic hydroxyl groups is 2. The number of carbonyl (C=O) groups excluding carboxylic acids is 5. The maximum absolute atomic E-state index is 13.7. The summed E-state index contributed by atoms with van der Waals surface area (Å²) < 4.78 is 117. The van der Waals surface area contributed by atoms with Crippen molar-refractivity contribution in [1.82, 2.24) is 0 Å². The minimum Gasteiger partial charge on any atom is -0.744 e. The molecule has 5 unspecified atom stereocenters. The van der Waals surface area contributed by atoms with Crippen LogP contribution in [0.4, 0.5) is 17.6 Å². The van der Waals surface area contributed by atoms with Crippen LogP contribution in [0.2, 0.25) is 0 Å². The van der Waals surface area contributed by atoms with E-state index in [4.69, 9.17) is 28.8 Å². The van der Waals surface area contributed by atoms with Gasteiger partial charge in [0.05, 0.1) is 52.4 Å². The van der Waals surface area contributed by atoms with Crippen molar-refractivity contribution in [1.29, 1.82) is 0 Å². The van der Waals surface area contributed by atoms with E-state index in [1.807, 2.05) is 98.7 Å². The number of cyclic esters (lactones) is 1. The number of hydrogen-bond acceptors (Lipinski definition) is 16. The predicted molar refractivity (Wildman–Crippen MR) is 566 cm³/mol. The number of ether oxygens (including phenoxy) is 6. The summed E-state index contributed by atoms with van der Waals surface area (Å²) in [7, 11) is -5.79. The van der Waals surface area contributed by atoms with E-state index in [1.54, 1.807) is 58.9 Å². The Balaban J connectivity index is -0.000000287. The quantitative estimate of drug-likeness (QED) is 0.00974. The summed E-state index contributed by atoms with van der Waals surface area (Å²) in [6.07, 6.45) is 9.32. The van der Waals surface area contributed by atoms with Crippen molar-refractivity contribution in [3.63, 3.8) is 0 Å².